The summed E-state index contributed by atoms with van der Waals surface area (Å²) in [6, 6.07) is 1.10. The van der Waals surface area contributed by atoms with E-state index in [1.807, 2.05) is 0 Å². The van der Waals surface area contributed by atoms with Crippen molar-refractivity contribution < 1.29 is 0 Å². The molecule has 2 saturated carbocycles. The lowest BCUT2D eigenvalue weighted by Gasteiger charge is -2.37. The molecule has 0 spiro atoms. The lowest BCUT2D eigenvalue weighted by molar-refractivity contribution is 0.172. The molecule has 4 N–H and O–H groups in total. The maximum absolute atomic E-state index is 6.30. The summed E-state index contributed by atoms with van der Waals surface area (Å²) in [4.78, 5) is 6.94. The second-order valence-corrected chi connectivity index (χ2v) is 7.50. The Hall–Kier alpha value is -1.27. The fraction of sp³-hybridized carbons (Fsp3) is 0.824. The predicted molar refractivity (Wildman–Crippen MR) is 93.9 cm³/mol. The lowest BCUT2D eigenvalue weighted by Crippen LogP contribution is -2.44. The minimum atomic E-state index is 0.291. The van der Waals surface area contributed by atoms with E-state index in [0.29, 0.717) is 30.0 Å². The molecule has 0 aromatic heterocycles. The summed E-state index contributed by atoms with van der Waals surface area (Å²) < 4.78 is 0. The second kappa shape index (κ2) is 6.69. The third-order valence-electron chi connectivity index (χ3n) is 6.07. The van der Waals surface area contributed by atoms with Crippen LogP contribution in [0.2, 0.25) is 0 Å². The Morgan fingerprint density at radius 1 is 1.04 bits per heavy atom. The van der Waals surface area contributed by atoms with Crippen LogP contribution in [0.3, 0.4) is 0 Å². The molecule has 1 saturated heterocycles. The quantitative estimate of drug-likeness (QED) is 0.778. The zero-order valence-corrected chi connectivity index (χ0v) is 14.6. The van der Waals surface area contributed by atoms with Crippen molar-refractivity contribution in [1.82, 2.24) is 14.9 Å². The fourth-order valence-electron chi connectivity index (χ4n) is 4.54. The Labute approximate surface area is 140 Å². The van der Waals surface area contributed by atoms with Crippen molar-refractivity contribution in [3.05, 3.63) is 12.4 Å². The van der Waals surface area contributed by atoms with E-state index in [2.05, 4.69) is 25.5 Å². The highest BCUT2D eigenvalue weighted by atomic mass is 15.7. The van der Waals surface area contributed by atoms with E-state index < -0.39 is 0 Å². The van der Waals surface area contributed by atoms with Crippen molar-refractivity contribution in [2.75, 3.05) is 7.05 Å². The number of nitrogens with two attached hydrogens (primary N) is 2. The van der Waals surface area contributed by atoms with Crippen molar-refractivity contribution in [1.29, 1.82) is 0 Å². The molecule has 1 heterocycles. The Morgan fingerprint density at radius 3 is 2.13 bits per heavy atom. The van der Waals surface area contributed by atoms with Crippen LogP contribution in [0.4, 0.5) is 0 Å². The van der Waals surface area contributed by atoms with Crippen LogP contribution in [-0.2, 0) is 0 Å². The van der Waals surface area contributed by atoms with E-state index in [4.69, 9.17) is 16.7 Å². The van der Waals surface area contributed by atoms with Gasteiger partial charge < -0.3 is 4.90 Å². The van der Waals surface area contributed by atoms with Crippen LogP contribution in [0, 0.1) is 5.92 Å². The van der Waals surface area contributed by atoms with Gasteiger partial charge in [-0.1, -0.05) is 39.2 Å². The Morgan fingerprint density at radius 2 is 1.57 bits per heavy atom. The predicted octanol–water partition coefficient (Wildman–Crippen LogP) is 2.00. The van der Waals surface area contributed by atoms with Crippen molar-refractivity contribution in [2.45, 2.75) is 76.4 Å². The SMILES string of the molecule is C=C(N=C1N(N)C2CCCC[C@@H]2N1N)N(C)C1CCCC[C@@H]1C. The molecule has 2 unspecified atom stereocenters. The third-order valence-corrected chi connectivity index (χ3v) is 6.07. The van der Waals surface area contributed by atoms with Gasteiger partial charge in [-0.3, -0.25) is 10.0 Å². The van der Waals surface area contributed by atoms with Crippen LogP contribution < -0.4 is 11.7 Å². The average molecular weight is 320 g/mol. The summed E-state index contributed by atoms with van der Waals surface area (Å²) >= 11 is 0. The highest BCUT2D eigenvalue weighted by Crippen LogP contribution is 2.32. The number of fused-ring (bicyclic) bond motifs is 1. The number of aliphatic imine (C=N–C) groups is 1. The van der Waals surface area contributed by atoms with Gasteiger partial charge in [-0.25, -0.2) is 11.7 Å². The highest BCUT2D eigenvalue weighted by Gasteiger charge is 2.43. The maximum Gasteiger partial charge on any atom is 0.232 e. The van der Waals surface area contributed by atoms with Crippen LogP contribution >= 0.6 is 0 Å². The Balaban J connectivity index is 1.73. The molecular formula is C17H32N6. The molecule has 1 aliphatic heterocycles. The van der Waals surface area contributed by atoms with Crippen LogP contribution in [0.5, 0.6) is 0 Å². The minimum Gasteiger partial charge on any atom is -0.357 e. The monoisotopic (exact) mass is 320 g/mol. The van der Waals surface area contributed by atoms with E-state index >= 15 is 0 Å². The number of hydrazine groups is 2. The van der Waals surface area contributed by atoms with E-state index in [0.717, 1.165) is 18.7 Å². The molecule has 0 aromatic rings. The normalized spacial score (nSPS) is 36.3. The number of nitrogens with zero attached hydrogens (tertiary/aromatic N) is 4. The molecule has 3 rings (SSSR count). The summed E-state index contributed by atoms with van der Waals surface area (Å²) in [6.45, 7) is 6.52. The number of hydrogen-bond acceptors (Lipinski definition) is 4. The molecule has 6 nitrogen and oxygen atoms in total. The molecule has 3 aliphatic rings. The van der Waals surface area contributed by atoms with Crippen LogP contribution in [0.15, 0.2) is 17.4 Å². The fourth-order valence-corrected chi connectivity index (χ4v) is 4.54. The van der Waals surface area contributed by atoms with Crippen LogP contribution in [0.25, 0.3) is 0 Å². The first-order chi connectivity index (χ1) is 11.0. The van der Waals surface area contributed by atoms with Crippen molar-refractivity contribution in [3.8, 4) is 0 Å². The van der Waals surface area contributed by atoms with E-state index in [1.165, 1.54) is 38.5 Å². The summed E-state index contributed by atoms with van der Waals surface area (Å²) in [6.07, 6.45) is 9.75. The molecule has 130 valence electrons. The standard InChI is InChI=1S/C17H32N6/c1-12-8-4-5-9-14(12)21(3)13(2)20-17-22(18)15-10-6-7-11-16(15)23(17)19/h12,14-16H,2,4-11,18-19H2,1,3H3/t12-,14?,15-,16?/m0/s1. The number of hydrogen-bond donors (Lipinski definition) is 2. The first-order valence-electron chi connectivity index (χ1n) is 9.09. The average Bonchev–Trinajstić information content (AvgIpc) is 2.80. The lowest BCUT2D eigenvalue weighted by atomic mass is 9.85. The first-order valence-corrected chi connectivity index (χ1v) is 9.09. The van der Waals surface area contributed by atoms with E-state index in [1.54, 1.807) is 10.0 Å². The van der Waals surface area contributed by atoms with Gasteiger partial charge >= 0.3 is 0 Å². The van der Waals surface area contributed by atoms with Crippen molar-refractivity contribution in [2.24, 2.45) is 22.6 Å². The topological polar surface area (TPSA) is 74.1 Å². The van der Waals surface area contributed by atoms with Crippen molar-refractivity contribution in [3.63, 3.8) is 0 Å². The summed E-state index contributed by atoms with van der Waals surface area (Å²) in [7, 11) is 2.10. The molecule has 2 aliphatic carbocycles. The molecule has 23 heavy (non-hydrogen) atoms. The van der Waals surface area contributed by atoms with Gasteiger partial charge in [0.05, 0.1) is 12.1 Å². The minimum absolute atomic E-state index is 0.291. The largest absolute Gasteiger partial charge is 0.357 e. The maximum atomic E-state index is 6.30. The molecule has 4 atom stereocenters. The zero-order chi connectivity index (χ0) is 16.6. The summed E-state index contributed by atoms with van der Waals surface area (Å²) in [5, 5.41) is 3.54. The summed E-state index contributed by atoms with van der Waals surface area (Å²) in [5.41, 5.74) is 0. The van der Waals surface area contributed by atoms with Crippen LogP contribution in [-0.4, -0.2) is 46.1 Å². The second-order valence-electron chi connectivity index (χ2n) is 7.50. The molecule has 0 bridgehead atoms. The first kappa shape index (κ1) is 16.6. The zero-order valence-electron chi connectivity index (χ0n) is 14.6. The highest BCUT2D eigenvalue weighted by molar-refractivity contribution is 5.83. The summed E-state index contributed by atoms with van der Waals surface area (Å²) in [5.74, 6) is 14.7. The molecule has 3 fully saturated rings. The smallest absolute Gasteiger partial charge is 0.232 e. The Kier molecular flexibility index (Phi) is 4.82. The van der Waals surface area contributed by atoms with Gasteiger partial charge in [0.25, 0.3) is 0 Å². The molecular weight excluding hydrogens is 288 g/mol. The van der Waals surface area contributed by atoms with Gasteiger partial charge in [0, 0.05) is 13.1 Å². The molecule has 0 aromatic carbocycles. The van der Waals surface area contributed by atoms with Gasteiger partial charge in [0.2, 0.25) is 5.96 Å². The van der Waals surface area contributed by atoms with Crippen LogP contribution in [0.1, 0.15) is 58.3 Å². The molecule has 0 radical (unpaired) electrons. The van der Waals surface area contributed by atoms with Gasteiger partial charge in [0.15, 0.2) is 0 Å². The molecule has 6 heteroatoms. The van der Waals surface area contributed by atoms with Crippen molar-refractivity contribution >= 4 is 5.96 Å². The Bertz CT molecular complexity index is 456. The van der Waals surface area contributed by atoms with Gasteiger partial charge in [0.1, 0.15) is 5.82 Å². The van der Waals surface area contributed by atoms with E-state index in [9.17, 15) is 0 Å². The van der Waals surface area contributed by atoms with Gasteiger partial charge in [-0.15, -0.1) is 0 Å². The van der Waals surface area contributed by atoms with Gasteiger partial charge in [-0.05, 0) is 31.6 Å². The number of rotatable bonds is 3. The third kappa shape index (κ3) is 3.06. The van der Waals surface area contributed by atoms with Gasteiger partial charge in [-0.2, -0.15) is 4.99 Å². The van der Waals surface area contributed by atoms with E-state index in [-0.39, 0.29) is 0 Å². The molecule has 0 amide bonds. The number of guanidine groups is 1.